The van der Waals surface area contributed by atoms with Gasteiger partial charge in [-0.3, -0.25) is 4.79 Å². The number of carboxylic acid groups (broad SMARTS) is 1. The highest BCUT2D eigenvalue weighted by Crippen LogP contribution is 2.13. The first-order chi connectivity index (χ1) is 10.4. The molecule has 1 heterocycles. The summed E-state index contributed by atoms with van der Waals surface area (Å²) in [6.45, 7) is 1.80. The average Bonchev–Trinajstić information content (AvgIpc) is 2.80. The topological polar surface area (TPSA) is 91.6 Å². The van der Waals surface area contributed by atoms with Crippen LogP contribution in [-0.2, 0) is 18.3 Å². The van der Waals surface area contributed by atoms with Crippen molar-refractivity contribution < 1.29 is 19.8 Å². The average molecular weight is 302 g/mol. The fraction of sp³-hybridized carbons (Fsp3) is 0.250. The fourth-order valence-corrected chi connectivity index (χ4v) is 2.15. The van der Waals surface area contributed by atoms with Gasteiger partial charge in [0.25, 0.3) is 5.91 Å². The Kier molecular flexibility index (Phi) is 4.50. The van der Waals surface area contributed by atoms with Crippen molar-refractivity contribution in [2.75, 3.05) is 0 Å². The molecule has 3 N–H and O–H groups in total. The molecule has 1 atom stereocenters. The van der Waals surface area contributed by atoms with Gasteiger partial charge >= 0.3 is 5.97 Å². The van der Waals surface area contributed by atoms with Gasteiger partial charge in [0, 0.05) is 25.4 Å². The molecule has 1 amide bonds. The van der Waals surface area contributed by atoms with E-state index in [2.05, 4.69) is 5.32 Å². The second kappa shape index (κ2) is 6.34. The monoisotopic (exact) mass is 302 g/mol. The van der Waals surface area contributed by atoms with Crippen LogP contribution in [0.3, 0.4) is 0 Å². The molecule has 0 unspecified atom stereocenters. The lowest BCUT2D eigenvalue weighted by Gasteiger charge is -2.15. The van der Waals surface area contributed by atoms with E-state index in [0.29, 0.717) is 5.56 Å². The van der Waals surface area contributed by atoms with Crippen LogP contribution in [0.4, 0.5) is 0 Å². The Bertz CT molecular complexity index is 689. The number of hydrogen-bond acceptors (Lipinski definition) is 3. The van der Waals surface area contributed by atoms with Gasteiger partial charge in [0.1, 0.15) is 11.8 Å². The van der Waals surface area contributed by atoms with E-state index < -0.39 is 17.9 Å². The number of hydrogen-bond donors (Lipinski definition) is 3. The van der Waals surface area contributed by atoms with E-state index in [1.807, 2.05) is 7.05 Å². The second-order valence-corrected chi connectivity index (χ2v) is 5.16. The van der Waals surface area contributed by atoms with Gasteiger partial charge in [0.05, 0.1) is 5.56 Å². The predicted octanol–water partition coefficient (Wildman–Crippen LogP) is 1.46. The number of aromatic hydroxyl groups is 1. The lowest BCUT2D eigenvalue weighted by molar-refractivity contribution is -0.139. The molecule has 0 aliphatic heterocycles. The number of aromatic nitrogens is 1. The molecule has 0 bridgehead atoms. The first-order valence-corrected chi connectivity index (χ1v) is 6.82. The van der Waals surface area contributed by atoms with E-state index in [1.54, 1.807) is 35.9 Å². The van der Waals surface area contributed by atoms with Crippen LogP contribution in [-0.4, -0.2) is 32.7 Å². The molecule has 0 saturated heterocycles. The molecule has 0 radical (unpaired) electrons. The maximum absolute atomic E-state index is 12.2. The minimum Gasteiger partial charge on any atom is -0.508 e. The smallest absolute Gasteiger partial charge is 0.326 e. The van der Waals surface area contributed by atoms with Crippen molar-refractivity contribution in [3.8, 4) is 5.75 Å². The van der Waals surface area contributed by atoms with Crippen molar-refractivity contribution in [1.29, 1.82) is 0 Å². The van der Waals surface area contributed by atoms with Crippen molar-refractivity contribution in [3.05, 3.63) is 53.3 Å². The van der Waals surface area contributed by atoms with Crippen LogP contribution in [0.1, 0.15) is 21.6 Å². The van der Waals surface area contributed by atoms with E-state index in [4.69, 9.17) is 0 Å². The van der Waals surface area contributed by atoms with E-state index in [-0.39, 0.29) is 12.2 Å². The molecule has 6 nitrogen and oxygen atoms in total. The zero-order valence-electron chi connectivity index (χ0n) is 12.4. The van der Waals surface area contributed by atoms with Gasteiger partial charge in [-0.15, -0.1) is 0 Å². The van der Waals surface area contributed by atoms with E-state index in [1.165, 1.54) is 12.1 Å². The minimum atomic E-state index is -1.10. The van der Waals surface area contributed by atoms with Crippen molar-refractivity contribution >= 4 is 11.9 Å². The zero-order chi connectivity index (χ0) is 16.3. The number of nitrogens with zero attached hydrogens (tertiary/aromatic N) is 1. The molecule has 0 spiro atoms. The number of aliphatic carboxylic acids is 1. The molecule has 1 aromatic carbocycles. The van der Waals surface area contributed by atoms with Gasteiger partial charge < -0.3 is 20.1 Å². The largest absolute Gasteiger partial charge is 0.508 e. The van der Waals surface area contributed by atoms with Crippen LogP contribution in [0.15, 0.2) is 36.5 Å². The normalized spacial score (nSPS) is 11.9. The Balaban J connectivity index is 2.12. The summed E-state index contributed by atoms with van der Waals surface area (Å²) in [7, 11) is 1.82. The van der Waals surface area contributed by atoms with Gasteiger partial charge in [-0.25, -0.2) is 4.79 Å². The first-order valence-electron chi connectivity index (χ1n) is 6.82. The summed E-state index contributed by atoms with van der Waals surface area (Å²) < 4.78 is 1.80. The lowest BCUT2D eigenvalue weighted by Crippen LogP contribution is -2.42. The van der Waals surface area contributed by atoms with Crippen LogP contribution in [0.5, 0.6) is 5.75 Å². The highest BCUT2D eigenvalue weighted by molar-refractivity contribution is 5.97. The molecule has 116 valence electrons. The summed E-state index contributed by atoms with van der Waals surface area (Å²) in [5, 5.41) is 21.1. The Morgan fingerprint density at radius 2 is 1.86 bits per heavy atom. The van der Waals surface area contributed by atoms with Crippen molar-refractivity contribution in [2.24, 2.45) is 7.05 Å². The van der Waals surface area contributed by atoms with Crippen molar-refractivity contribution in [1.82, 2.24) is 9.88 Å². The Hall–Kier alpha value is -2.76. The summed E-state index contributed by atoms with van der Waals surface area (Å²) in [5.74, 6) is -1.40. The third-order valence-electron chi connectivity index (χ3n) is 3.61. The van der Waals surface area contributed by atoms with Crippen molar-refractivity contribution in [3.63, 3.8) is 0 Å². The number of amides is 1. The maximum atomic E-state index is 12.2. The Morgan fingerprint density at radius 1 is 1.23 bits per heavy atom. The summed E-state index contributed by atoms with van der Waals surface area (Å²) >= 11 is 0. The van der Waals surface area contributed by atoms with Gasteiger partial charge in [-0.05, 0) is 30.7 Å². The third-order valence-corrected chi connectivity index (χ3v) is 3.61. The molecule has 1 aromatic heterocycles. The van der Waals surface area contributed by atoms with Crippen LogP contribution >= 0.6 is 0 Å². The number of phenolic OH excluding ortho intramolecular Hbond substituents is 1. The molecule has 22 heavy (non-hydrogen) atoms. The van der Waals surface area contributed by atoms with E-state index >= 15 is 0 Å². The third kappa shape index (κ3) is 3.46. The summed E-state index contributed by atoms with van der Waals surface area (Å²) in [5.41, 5.74) is 1.95. The summed E-state index contributed by atoms with van der Waals surface area (Å²) in [4.78, 5) is 23.6. The molecule has 0 aliphatic carbocycles. The maximum Gasteiger partial charge on any atom is 0.326 e. The van der Waals surface area contributed by atoms with Gasteiger partial charge in [-0.1, -0.05) is 12.1 Å². The fourth-order valence-electron chi connectivity index (χ4n) is 2.15. The highest BCUT2D eigenvalue weighted by Gasteiger charge is 2.22. The number of aryl methyl sites for hydroxylation is 1. The molecular weight excluding hydrogens is 284 g/mol. The van der Waals surface area contributed by atoms with Gasteiger partial charge in [0.15, 0.2) is 0 Å². The number of rotatable bonds is 5. The van der Waals surface area contributed by atoms with Crippen LogP contribution < -0.4 is 5.32 Å². The quantitative estimate of drug-likeness (QED) is 0.780. The first kappa shape index (κ1) is 15.6. The number of carbonyl (C=O) groups excluding carboxylic acids is 1. The second-order valence-electron chi connectivity index (χ2n) is 5.16. The van der Waals surface area contributed by atoms with Crippen LogP contribution in [0.25, 0.3) is 0 Å². The summed E-state index contributed by atoms with van der Waals surface area (Å²) in [6.07, 6.45) is 1.90. The minimum absolute atomic E-state index is 0.111. The summed E-state index contributed by atoms with van der Waals surface area (Å²) in [6, 6.07) is 6.85. The SMILES string of the molecule is Cc1c(C(=O)N[C@@H](Cc2ccc(O)cc2)C(=O)O)ccn1C. The lowest BCUT2D eigenvalue weighted by atomic mass is 10.1. The number of phenols is 1. The highest BCUT2D eigenvalue weighted by atomic mass is 16.4. The molecule has 0 fully saturated rings. The Labute approximate surface area is 128 Å². The molecule has 2 rings (SSSR count). The number of carboxylic acids is 1. The van der Waals surface area contributed by atoms with E-state index in [0.717, 1.165) is 11.3 Å². The predicted molar refractivity (Wildman–Crippen MR) is 80.9 cm³/mol. The van der Waals surface area contributed by atoms with Gasteiger partial charge in [-0.2, -0.15) is 0 Å². The number of nitrogens with one attached hydrogen (secondary N) is 1. The molecule has 2 aromatic rings. The number of carbonyl (C=O) groups is 2. The van der Waals surface area contributed by atoms with Crippen LogP contribution in [0.2, 0.25) is 0 Å². The molecular formula is C16H18N2O4. The van der Waals surface area contributed by atoms with Gasteiger partial charge in [0.2, 0.25) is 0 Å². The zero-order valence-corrected chi connectivity index (χ0v) is 12.4. The molecule has 0 aliphatic rings. The number of benzene rings is 1. The van der Waals surface area contributed by atoms with E-state index in [9.17, 15) is 19.8 Å². The molecule has 6 heteroatoms. The standard InChI is InChI=1S/C16H18N2O4/c1-10-13(7-8-18(10)2)15(20)17-14(16(21)22)9-11-3-5-12(19)6-4-11/h3-8,14,19H,9H2,1-2H3,(H,17,20)(H,21,22)/t14-/m0/s1. The van der Waals surface area contributed by atoms with Crippen molar-refractivity contribution in [2.45, 2.75) is 19.4 Å². The Morgan fingerprint density at radius 3 is 2.36 bits per heavy atom. The molecule has 0 saturated carbocycles. The van der Waals surface area contributed by atoms with Crippen LogP contribution in [0, 0.1) is 6.92 Å².